The molecular formula is C42H58N6O8S. The fraction of sp³-hybridized carbons (Fsp3) is 0.571. The molecule has 0 aromatic heterocycles. The number of hydrogen-bond acceptors (Lipinski definition) is 9. The van der Waals surface area contributed by atoms with E-state index >= 15 is 0 Å². The van der Waals surface area contributed by atoms with Gasteiger partial charge in [0.05, 0.1) is 25.6 Å². The summed E-state index contributed by atoms with van der Waals surface area (Å²) in [5.41, 5.74) is 1.35. The van der Waals surface area contributed by atoms with Gasteiger partial charge in [-0.05, 0) is 67.0 Å². The van der Waals surface area contributed by atoms with Crippen LogP contribution in [0.4, 0.5) is 0 Å². The normalized spacial score (nSPS) is 22.2. The summed E-state index contributed by atoms with van der Waals surface area (Å²) < 4.78 is 5.98. The molecule has 2 unspecified atom stereocenters. The highest BCUT2D eigenvalue weighted by Gasteiger charge is 2.45. The van der Waals surface area contributed by atoms with Crippen molar-refractivity contribution in [2.24, 2.45) is 5.92 Å². The van der Waals surface area contributed by atoms with Crippen molar-refractivity contribution in [3.05, 3.63) is 65.7 Å². The van der Waals surface area contributed by atoms with Crippen molar-refractivity contribution in [1.29, 1.82) is 0 Å². The predicted molar refractivity (Wildman–Crippen MR) is 217 cm³/mol. The van der Waals surface area contributed by atoms with Gasteiger partial charge < -0.3 is 40.9 Å². The summed E-state index contributed by atoms with van der Waals surface area (Å²) in [6.45, 7) is 2.14. The highest BCUT2D eigenvalue weighted by Crippen LogP contribution is 2.33. The average Bonchev–Trinajstić information content (AvgIpc) is 3.65. The molecule has 3 aliphatic rings. The lowest BCUT2D eigenvalue weighted by Gasteiger charge is -2.35. The van der Waals surface area contributed by atoms with Gasteiger partial charge in [-0.1, -0.05) is 75.1 Å². The molecule has 5 rings (SSSR count). The lowest BCUT2D eigenvalue weighted by atomic mass is 9.83. The van der Waals surface area contributed by atoms with Crippen molar-refractivity contribution < 1.29 is 38.6 Å². The number of ether oxygens (including phenoxy) is 1. The number of thioether (sulfide) groups is 1. The first-order chi connectivity index (χ1) is 27.4. The van der Waals surface area contributed by atoms with Crippen molar-refractivity contribution in [2.45, 2.75) is 107 Å². The van der Waals surface area contributed by atoms with E-state index in [1.807, 2.05) is 31.2 Å². The summed E-state index contributed by atoms with van der Waals surface area (Å²) >= 11 is 1.67. The van der Waals surface area contributed by atoms with Gasteiger partial charge in [0.15, 0.2) is 6.10 Å². The summed E-state index contributed by atoms with van der Waals surface area (Å²) in [7, 11) is 3.16. The van der Waals surface area contributed by atoms with E-state index in [1.165, 1.54) is 4.90 Å². The molecule has 4 bridgehead atoms. The quantitative estimate of drug-likeness (QED) is 0.215. The average molecular weight is 807 g/mol. The number of carbonyl (C=O) groups excluding carboxylic acids is 6. The molecule has 0 radical (unpaired) electrons. The molecule has 6 amide bonds. The Hall–Kier alpha value is -4.63. The largest absolute Gasteiger partial charge is 0.494 e. The fourth-order valence-corrected chi connectivity index (χ4v) is 9.05. The molecule has 2 aromatic rings. The predicted octanol–water partition coefficient (Wildman–Crippen LogP) is 2.49. The molecule has 2 aromatic carbocycles. The molecule has 5 N–H and O–H groups in total. The van der Waals surface area contributed by atoms with E-state index in [0.29, 0.717) is 37.3 Å². The fourth-order valence-electron chi connectivity index (χ4n) is 7.85. The van der Waals surface area contributed by atoms with Crippen LogP contribution in [0.25, 0.3) is 0 Å². The van der Waals surface area contributed by atoms with Crippen molar-refractivity contribution in [3.8, 4) is 5.75 Å². The van der Waals surface area contributed by atoms with E-state index in [0.717, 1.165) is 49.8 Å². The molecule has 15 heteroatoms. The van der Waals surface area contributed by atoms with Gasteiger partial charge in [-0.3, -0.25) is 28.8 Å². The number of amides is 6. The molecule has 2 fully saturated rings. The molecule has 14 nitrogen and oxygen atoms in total. The third-order valence-corrected chi connectivity index (χ3v) is 12.2. The Kier molecular flexibility index (Phi) is 16.2. The summed E-state index contributed by atoms with van der Waals surface area (Å²) in [5.74, 6) is -1.54. The Morgan fingerprint density at radius 1 is 1.00 bits per heavy atom. The number of nitrogens with one attached hydrogen (secondary N) is 4. The Balaban J connectivity index is 1.28. The Morgan fingerprint density at radius 2 is 1.75 bits per heavy atom. The van der Waals surface area contributed by atoms with E-state index in [1.54, 1.807) is 61.1 Å². The van der Waals surface area contributed by atoms with Gasteiger partial charge >= 0.3 is 0 Å². The van der Waals surface area contributed by atoms with Gasteiger partial charge in [0, 0.05) is 25.9 Å². The van der Waals surface area contributed by atoms with Crippen molar-refractivity contribution in [2.75, 3.05) is 39.5 Å². The minimum absolute atomic E-state index is 0.0564. The number of hydrogen-bond donors (Lipinski definition) is 5. The number of aliphatic hydroxyl groups excluding tert-OH is 1. The van der Waals surface area contributed by atoms with E-state index in [4.69, 9.17) is 4.74 Å². The van der Waals surface area contributed by atoms with Crippen molar-refractivity contribution in [3.63, 3.8) is 0 Å². The van der Waals surface area contributed by atoms with Gasteiger partial charge in [-0.25, -0.2) is 0 Å². The molecule has 6 atom stereocenters. The van der Waals surface area contributed by atoms with Crippen LogP contribution in [0.2, 0.25) is 0 Å². The van der Waals surface area contributed by atoms with E-state index in [2.05, 4.69) is 21.3 Å². The number of likely N-dealkylation sites (N-methyl/N-ethyl adjacent to an activating group) is 1. The smallest absolute Gasteiger partial charge is 0.251 e. The monoisotopic (exact) mass is 806 g/mol. The molecule has 0 spiro atoms. The summed E-state index contributed by atoms with van der Waals surface area (Å²) in [5, 5.41) is 22.2. The molecule has 2 heterocycles. The highest BCUT2D eigenvalue weighted by atomic mass is 32.2. The molecule has 1 saturated carbocycles. The van der Waals surface area contributed by atoms with E-state index < -0.39 is 54.5 Å². The van der Waals surface area contributed by atoms with Crippen LogP contribution in [-0.2, 0) is 35.2 Å². The molecule has 310 valence electrons. The van der Waals surface area contributed by atoms with Crippen LogP contribution in [0.1, 0.15) is 81.9 Å². The lowest BCUT2D eigenvalue weighted by molar-refractivity contribution is -0.143. The van der Waals surface area contributed by atoms with Gasteiger partial charge in [0.25, 0.3) is 5.91 Å². The Bertz CT molecular complexity index is 1710. The third-order valence-electron chi connectivity index (χ3n) is 10.9. The molecule has 57 heavy (non-hydrogen) atoms. The zero-order chi connectivity index (χ0) is 40.9. The van der Waals surface area contributed by atoms with Crippen LogP contribution in [0.3, 0.4) is 0 Å². The van der Waals surface area contributed by atoms with E-state index in [9.17, 15) is 33.9 Å². The van der Waals surface area contributed by atoms with Crippen LogP contribution in [-0.4, -0.2) is 119 Å². The van der Waals surface area contributed by atoms with Crippen LogP contribution in [0, 0.1) is 5.92 Å². The summed E-state index contributed by atoms with van der Waals surface area (Å²) in [6, 6.07) is 12.5. The first-order valence-corrected chi connectivity index (χ1v) is 21.2. The highest BCUT2D eigenvalue weighted by molar-refractivity contribution is 7.99. The van der Waals surface area contributed by atoms with Crippen molar-refractivity contribution >= 4 is 47.2 Å². The molecular weight excluding hydrogens is 749 g/mol. The first kappa shape index (κ1) is 43.5. The second-order valence-corrected chi connectivity index (χ2v) is 16.8. The number of rotatable bonds is 12. The second kappa shape index (κ2) is 21.2. The number of carbonyl (C=O) groups is 6. The Morgan fingerprint density at radius 3 is 2.47 bits per heavy atom. The SMILES string of the molecule is CCCC(NC(=O)[C@@H]1C[C@@H]2CN1C(=O)[C@H](C1CCCCC1)NC(=O)Cc1cccc(c1)OCCCS2)C(O)C(=O)NCC(=O)N[C@H](C(=O)N(C)C)c1ccccc1. The topological polar surface area (TPSA) is 186 Å². The Labute approximate surface area is 339 Å². The van der Waals surface area contributed by atoms with Gasteiger partial charge in [0.2, 0.25) is 29.5 Å². The van der Waals surface area contributed by atoms with Crippen LogP contribution in [0.5, 0.6) is 5.75 Å². The number of fused-ring (bicyclic) bond motifs is 4. The first-order valence-electron chi connectivity index (χ1n) is 20.2. The van der Waals surface area contributed by atoms with Crippen LogP contribution < -0.4 is 26.0 Å². The van der Waals surface area contributed by atoms with Crippen LogP contribution >= 0.6 is 11.8 Å². The number of aliphatic hydroxyl groups is 1. The standard InChI is InChI=1S/C42H58N6O8S/c1-4-13-32(38(51)40(53)43-25-35(50)46-36(41(54)47(2)3)28-15-7-5-8-16-28)44-39(52)33-24-31-26-48(33)42(55)37(29-17-9-6-10-18-29)45-34(49)23-27-14-11-19-30(22-27)56-20-12-21-57-31/h5,7-8,11,14-16,19,22,29,31-33,36-38,51H,4,6,9-10,12-13,17-18,20-21,23-26H2,1-3H3,(H,43,53)(H,44,52)(H,45,49)(H,46,50)/t31-,32?,33+,36+,37+,38?/m1/s1. The number of nitrogens with zero attached hydrogens (tertiary/aromatic N) is 2. The number of benzene rings is 2. The summed E-state index contributed by atoms with van der Waals surface area (Å²) in [4.78, 5) is 84.4. The zero-order valence-corrected chi connectivity index (χ0v) is 34.1. The maximum atomic E-state index is 14.6. The second-order valence-electron chi connectivity index (χ2n) is 15.4. The maximum Gasteiger partial charge on any atom is 0.251 e. The zero-order valence-electron chi connectivity index (χ0n) is 33.2. The van der Waals surface area contributed by atoms with Gasteiger partial charge in [0.1, 0.15) is 23.9 Å². The summed E-state index contributed by atoms with van der Waals surface area (Å²) in [6.07, 6.45) is 4.82. The van der Waals surface area contributed by atoms with Gasteiger partial charge in [-0.2, -0.15) is 11.8 Å². The molecule has 1 saturated heterocycles. The minimum Gasteiger partial charge on any atom is -0.494 e. The third kappa shape index (κ3) is 12.2. The van der Waals surface area contributed by atoms with Crippen LogP contribution in [0.15, 0.2) is 54.6 Å². The van der Waals surface area contributed by atoms with Gasteiger partial charge in [-0.15, -0.1) is 0 Å². The molecule has 1 aliphatic carbocycles. The van der Waals surface area contributed by atoms with E-state index in [-0.39, 0.29) is 41.7 Å². The minimum atomic E-state index is -1.70. The molecule has 2 aliphatic heterocycles. The maximum absolute atomic E-state index is 14.6. The van der Waals surface area contributed by atoms with Crippen molar-refractivity contribution in [1.82, 2.24) is 31.1 Å². The lowest BCUT2D eigenvalue weighted by Crippen LogP contribution is -2.58.